The molecule has 1 aromatic carbocycles. The van der Waals surface area contributed by atoms with Gasteiger partial charge < -0.3 is 14.2 Å². The molecule has 2 heterocycles. The van der Waals surface area contributed by atoms with Crippen LogP contribution in [-0.2, 0) is 24.3 Å². The van der Waals surface area contributed by atoms with Crippen LogP contribution in [0.4, 0.5) is 0 Å². The molecule has 1 aliphatic rings. The second-order valence-electron chi connectivity index (χ2n) is 6.55. The van der Waals surface area contributed by atoms with E-state index in [4.69, 9.17) is 4.74 Å². The van der Waals surface area contributed by atoms with E-state index in [2.05, 4.69) is 33.8 Å². The van der Waals surface area contributed by atoms with Crippen molar-refractivity contribution in [3.05, 3.63) is 40.5 Å². The molecule has 6 nitrogen and oxygen atoms in total. The number of nitrogens with zero attached hydrogens (tertiary/aromatic N) is 4. The number of benzene rings is 1. The first-order valence-electron chi connectivity index (χ1n) is 8.31. The predicted molar refractivity (Wildman–Crippen MR) is 91.0 cm³/mol. The van der Waals surface area contributed by atoms with Gasteiger partial charge in [-0.1, -0.05) is 17.7 Å². The Morgan fingerprint density at radius 1 is 1.25 bits per heavy atom. The first kappa shape index (κ1) is 16.5. The van der Waals surface area contributed by atoms with E-state index in [1.165, 1.54) is 5.56 Å². The van der Waals surface area contributed by atoms with Crippen molar-refractivity contribution in [1.29, 1.82) is 0 Å². The van der Waals surface area contributed by atoms with E-state index < -0.39 is 0 Å². The number of ether oxygens (including phenoxy) is 1. The highest BCUT2D eigenvalue weighted by Gasteiger charge is 2.20. The van der Waals surface area contributed by atoms with Crippen molar-refractivity contribution in [2.75, 3.05) is 13.7 Å². The molecule has 0 atom stereocenters. The molecule has 2 aromatic rings. The van der Waals surface area contributed by atoms with Gasteiger partial charge in [-0.3, -0.25) is 4.79 Å². The van der Waals surface area contributed by atoms with Gasteiger partial charge in [-0.15, -0.1) is 10.2 Å². The Labute approximate surface area is 142 Å². The SMILES string of the molecule is Cc1cc(C)c(OCC(=O)N(C)Cc2nnc3n2CCC3)c(C)c1. The molecule has 0 saturated heterocycles. The first-order chi connectivity index (χ1) is 11.5. The fraction of sp³-hybridized carbons (Fsp3) is 0.500. The van der Waals surface area contributed by atoms with Gasteiger partial charge in [0.2, 0.25) is 0 Å². The van der Waals surface area contributed by atoms with Crippen LogP contribution < -0.4 is 4.74 Å². The first-order valence-corrected chi connectivity index (χ1v) is 8.31. The summed E-state index contributed by atoms with van der Waals surface area (Å²) in [6, 6.07) is 4.13. The smallest absolute Gasteiger partial charge is 0.260 e. The van der Waals surface area contributed by atoms with Gasteiger partial charge >= 0.3 is 0 Å². The highest BCUT2D eigenvalue weighted by molar-refractivity contribution is 5.77. The average Bonchev–Trinajstić information content (AvgIpc) is 3.10. The van der Waals surface area contributed by atoms with Crippen LogP contribution in [0.1, 0.15) is 34.8 Å². The number of aromatic nitrogens is 3. The van der Waals surface area contributed by atoms with Crippen LogP contribution in [0.25, 0.3) is 0 Å². The number of fused-ring (bicyclic) bond motifs is 1. The molecule has 0 N–H and O–H groups in total. The minimum Gasteiger partial charge on any atom is -0.483 e. The van der Waals surface area contributed by atoms with Crippen molar-refractivity contribution in [1.82, 2.24) is 19.7 Å². The Balaban J connectivity index is 1.60. The van der Waals surface area contributed by atoms with Gasteiger partial charge in [0.15, 0.2) is 12.4 Å². The molecule has 24 heavy (non-hydrogen) atoms. The van der Waals surface area contributed by atoms with E-state index in [-0.39, 0.29) is 12.5 Å². The van der Waals surface area contributed by atoms with Crippen LogP contribution >= 0.6 is 0 Å². The largest absolute Gasteiger partial charge is 0.483 e. The fourth-order valence-electron chi connectivity index (χ4n) is 3.27. The van der Waals surface area contributed by atoms with E-state index in [1.54, 1.807) is 11.9 Å². The second-order valence-corrected chi connectivity index (χ2v) is 6.55. The maximum Gasteiger partial charge on any atom is 0.260 e. The van der Waals surface area contributed by atoms with E-state index in [9.17, 15) is 4.79 Å². The van der Waals surface area contributed by atoms with Gasteiger partial charge in [0.05, 0.1) is 6.54 Å². The summed E-state index contributed by atoms with van der Waals surface area (Å²) in [6.45, 7) is 7.49. The van der Waals surface area contributed by atoms with Gasteiger partial charge in [-0.25, -0.2) is 0 Å². The van der Waals surface area contributed by atoms with E-state index in [0.717, 1.165) is 47.9 Å². The van der Waals surface area contributed by atoms with Gasteiger partial charge in [0.25, 0.3) is 5.91 Å². The van der Waals surface area contributed by atoms with Crippen LogP contribution in [0.2, 0.25) is 0 Å². The molecule has 0 saturated carbocycles. The summed E-state index contributed by atoms with van der Waals surface area (Å²) in [7, 11) is 1.77. The maximum atomic E-state index is 12.4. The van der Waals surface area contributed by atoms with Gasteiger partial charge in [-0.05, 0) is 38.3 Å². The zero-order chi connectivity index (χ0) is 17.3. The van der Waals surface area contributed by atoms with Crippen molar-refractivity contribution >= 4 is 5.91 Å². The summed E-state index contributed by atoms with van der Waals surface area (Å²) in [4.78, 5) is 14.0. The van der Waals surface area contributed by atoms with E-state index in [0.29, 0.717) is 6.54 Å². The predicted octanol–water partition coefficient (Wildman–Crippen LogP) is 2.19. The zero-order valence-corrected chi connectivity index (χ0v) is 14.8. The molecule has 6 heteroatoms. The topological polar surface area (TPSA) is 60.2 Å². The van der Waals surface area contributed by atoms with Gasteiger partial charge in [-0.2, -0.15) is 0 Å². The lowest BCUT2D eigenvalue weighted by molar-refractivity contribution is -0.132. The Bertz CT molecular complexity index is 743. The van der Waals surface area contributed by atoms with E-state index in [1.807, 2.05) is 13.8 Å². The number of hydrogen-bond acceptors (Lipinski definition) is 4. The molecule has 1 amide bonds. The van der Waals surface area contributed by atoms with Crippen molar-refractivity contribution in [3.8, 4) is 5.75 Å². The fourth-order valence-corrected chi connectivity index (χ4v) is 3.27. The Hall–Kier alpha value is -2.37. The Morgan fingerprint density at radius 2 is 1.96 bits per heavy atom. The summed E-state index contributed by atoms with van der Waals surface area (Å²) in [5.41, 5.74) is 3.30. The third-order valence-corrected chi connectivity index (χ3v) is 4.44. The van der Waals surface area contributed by atoms with Crippen LogP contribution in [-0.4, -0.2) is 39.2 Å². The summed E-state index contributed by atoms with van der Waals surface area (Å²) in [5, 5.41) is 8.37. The number of amides is 1. The number of carbonyl (C=O) groups excluding carboxylic acids is 1. The molecule has 0 bridgehead atoms. The molecule has 128 valence electrons. The number of aryl methyl sites for hydroxylation is 4. The summed E-state index contributed by atoms with van der Waals surface area (Å²) in [6.07, 6.45) is 2.07. The summed E-state index contributed by atoms with van der Waals surface area (Å²) < 4.78 is 7.89. The lowest BCUT2D eigenvalue weighted by atomic mass is 10.1. The van der Waals surface area contributed by atoms with Crippen molar-refractivity contribution < 1.29 is 9.53 Å². The van der Waals surface area contributed by atoms with Crippen molar-refractivity contribution in [2.45, 2.75) is 46.7 Å². The highest BCUT2D eigenvalue weighted by Crippen LogP contribution is 2.24. The minimum absolute atomic E-state index is 0.0300. The lowest BCUT2D eigenvalue weighted by Crippen LogP contribution is -2.32. The van der Waals surface area contributed by atoms with Crippen molar-refractivity contribution in [2.24, 2.45) is 0 Å². The standard InChI is InChI=1S/C18H24N4O2/c1-12-8-13(2)18(14(3)9-12)24-11-17(23)21(4)10-16-20-19-15-6-5-7-22(15)16/h8-9H,5-7,10-11H2,1-4H3. The molecule has 1 aromatic heterocycles. The molecule has 1 aliphatic heterocycles. The number of likely N-dealkylation sites (N-methyl/N-ethyl adjacent to an activating group) is 1. The molecule has 0 spiro atoms. The third-order valence-electron chi connectivity index (χ3n) is 4.44. The molecular formula is C18H24N4O2. The third kappa shape index (κ3) is 3.27. The summed E-state index contributed by atoms with van der Waals surface area (Å²) >= 11 is 0. The molecular weight excluding hydrogens is 304 g/mol. The maximum absolute atomic E-state index is 12.4. The molecule has 0 radical (unpaired) electrons. The van der Waals surface area contributed by atoms with Crippen LogP contribution in [0, 0.1) is 20.8 Å². The van der Waals surface area contributed by atoms with Crippen molar-refractivity contribution in [3.63, 3.8) is 0 Å². The lowest BCUT2D eigenvalue weighted by Gasteiger charge is -2.18. The molecule has 0 fully saturated rings. The summed E-state index contributed by atoms with van der Waals surface area (Å²) in [5.74, 6) is 2.60. The average molecular weight is 328 g/mol. The number of rotatable bonds is 5. The molecule has 0 unspecified atom stereocenters. The molecule has 0 aliphatic carbocycles. The number of hydrogen-bond donors (Lipinski definition) is 0. The second kappa shape index (κ2) is 6.63. The molecule has 3 rings (SSSR count). The Kier molecular flexibility index (Phi) is 4.55. The zero-order valence-electron chi connectivity index (χ0n) is 14.8. The number of carbonyl (C=O) groups is 1. The normalized spacial score (nSPS) is 13.0. The van der Waals surface area contributed by atoms with Gasteiger partial charge in [0.1, 0.15) is 11.6 Å². The van der Waals surface area contributed by atoms with Gasteiger partial charge in [0, 0.05) is 20.0 Å². The van der Waals surface area contributed by atoms with E-state index >= 15 is 0 Å². The van der Waals surface area contributed by atoms with Crippen LogP contribution in [0.3, 0.4) is 0 Å². The quantitative estimate of drug-likeness (QED) is 0.844. The minimum atomic E-state index is -0.0651. The highest BCUT2D eigenvalue weighted by atomic mass is 16.5. The van der Waals surface area contributed by atoms with Crippen LogP contribution in [0.5, 0.6) is 5.75 Å². The Morgan fingerprint density at radius 3 is 2.67 bits per heavy atom. The van der Waals surface area contributed by atoms with Crippen LogP contribution in [0.15, 0.2) is 12.1 Å². The monoisotopic (exact) mass is 328 g/mol.